The molecular formula is C19H19ClN2O5S. The average molecular weight is 423 g/mol. The maximum Gasteiger partial charge on any atom is 0.243 e. The molecule has 0 N–H and O–H groups in total. The number of benzene rings is 2. The quantitative estimate of drug-likeness (QED) is 0.575. The molecule has 9 heteroatoms. The third kappa shape index (κ3) is 4.14. The molecule has 7 nitrogen and oxygen atoms in total. The van der Waals surface area contributed by atoms with Crippen LogP contribution in [0, 0.1) is 0 Å². The molecule has 0 fully saturated rings. The maximum absolute atomic E-state index is 12.7. The van der Waals surface area contributed by atoms with Crippen LogP contribution in [0.25, 0.3) is 11.3 Å². The van der Waals surface area contributed by atoms with Crippen molar-refractivity contribution in [3.8, 4) is 22.8 Å². The van der Waals surface area contributed by atoms with E-state index in [9.17, 15) is 8.42 Å². The van der Waals surface area contributed by atoms with E-state index in [1.54, 1.807) is 38.5 Å². The average Bonchev–Trinajstić information content (AvgIpc) is 3.16. The van der Waals surface area contributed by atoms with Crippen molar-refractivity contribution in [2.24, 2.45) is 0 Å². The highest BCUT2D eigenvalue weighted by atomic mass is 35.5. The Morgan fingerprint density at radius 3 is 2.43 bits per heavy atom. The van der Waals surface area contributed by atoms with Gasteiger partial charge in [0.1, 0.15) is 11.5 Å². The monoisotopic (exact) mass is 422 g/mol. The Balaban J connectivity index is 1.84. The summed E-state index contributed by atoms with van der Waals surface area (Å²) in [4.78, 5) is 0.151. The highest BCUT2D eigenvalue weighted by molar-refractivity contribution is 7.89. The number of sulfonamides is 1. The van der Waals surface area contributed by atoms with E-state index in [1.807, 2.05) is 0 Å². The van der Waals surface area contributed by atoms with Gasteiger partial charge in [0.25, 0.3) is 0 Å². The van der Waals surface area contributed by atoms with E-state index < -0.39 is 10.0 Å². The fourth-order valence-corrected chi connectivity index (χ4v) is 3.89. The van der Waals surface area contributed by atoms with Crippen molar-refractivity contribution in [3.05, 3.63) is 59.2 Å². The molecule has 1 aromatic heterocycles. The Morgan fingerprint density at radius 1 is 1.07 bits per heavy atom. The molecule has 148 valence electrons. The lowest BCUT2D eigenvalue weighted by molar-refractivity contribution is 0.390. The maximum atomic E-state index is 12.7. The molecule has 0 atom stereocenters. The van der Waals surface area contributed by atoms with Gasteiger partial charge in [-0.3, -0.25) is 0 Å². The van der Waals surface area contributed by atoms with E-state index in [-0.39, 0.29) is 11.4 Å². The molecule has 2 aromatic carbocycles. The van der Waals surface area contributed by atoms with E-state index in [1.165, 1.54) is 35.6 Å². The van der Waals surface area contributed by atoms with Gasteiger partial charge >= 0.3 is 0 Å². The Hall–Kier alpha value is -2.55. The first-order chi connectivity index (χ1) is 13.3. The normalized spacial score (nSPS) is 11.6. The fourth-order valence-electron chi connectivity index (χ4n) is 2.62. The molecule has 0 aliphatic heterocycles. The lowest BCUT2D eigenvalue weighted by Crippen LogP contribution is -2.26. The van der Waals surface area contributed by atoms with Crippen LogP contribution >= 0.6 is 11.6 Å². The Morgan fingerprint density at radius 2 is 1.79 bits per heavy atom. The van der Waals surface area contributed by atoms with Gasteiger partial charge in [0.2, 0.25) is 10.0 Å². The van der Waals surface area contributed by atoms with Crippen molar-refractivity contribution in [2.75, 3.05) is 21.3 Å². The SMILES string of the molecule is COc1ccc(OC)c(-c2cc(CN(C)S(=O)(=O)c3ccc(Cl)cc3)no2)c1. The van der Waals surface area contributed by atoms with Crippen molar-refractivity contribution in [1.82, 2.24) is 9.46 Å². The van der Waals surface area contributed by atoms with E-state index in [0.29, 0.717) is 33.5 Å². The van der Waals surface area contributed by atoms with Crippen LogP contribution in [0.15, 0.2) is 57.9 Å². The van der Waals surface area contributed by atoms with Crippen molar-refractivity contribution in [3.63, 3.8) is 0 Å². The highest BCUT2D eigenvalue weighted by Crippen LogP contribution is 2.34. The number of rotatable bonds is 7. The molecule has 0 spiro atoms. The lowest BCUT2D eigenvalue weighted by Gasteiger charge is -2.15. The number of halogens is 1. The van der Waals surface area contributed by atoms with Gasteiger partial charge in [-0.25, -0.2) is 8.42 Å². The lowest BCUT2D eigenvalue weighted by atomic mass is 10.1. The fraction of sp³-hybridized carbons (Fsp3) is 0.211. The topological polar surface area (TPSA) is 81.9 Å². The van der Waals surface area contributed by atoms with E-state index in [2.05, 4.69) is 5.16 Å². The Kier molecular flexibility index (Phi) is 5.93. The standard InChI is InChI=1S/C19H19ClN2O5S/c1-22(28(23,24)16-7-4-13(20)5-8-16)12-14-10-19(27-21-14)17-11-15(25-2)6-9-18(17)26-3/h4-11H,12H2,1-3H3. The van der Waals surface area contributed by atoms with Crippen LogP contribution in [-0.2, 0) is 16.6 Å². The molecule has 0 unspecified atom stereocenters. The molecule has 3 aromatic rings. The van der Waals surface area contributed by atoms with Crippen LogP contribution in [0.2, 0.25) is 5.02 Å². The van der Waals surface area contributed by atoms with E-state index in [4.69, 9.17) is 25.6 Å². The van der Waals surface area contributed by atoms with Crippen molar-refractivity contribution < 1.29 is 22.4 Å². The first kappa shape index (κ1) is 20.2. The van der Waals surface area contributed by atoms with E-state index >= 15 is 0 Å². The molecule has 0 saturated carbocycles. The van der Waals surface area contributed by atoms with Gasteiger partial charge in [-0.05, 0) is 42.5 Å². The summed E-state index contributed by atoms with van der Waals surface area (Å²) >= 11 is 5.83. The van der Waals surface area contributed by atoms with Gasteiger partial charge in [-0.2, -0.15) is 4.31 Å². The first-order valence-corrected chi connectivity index (χ1v) is 10.1. The molecule has 0 aliphatic carbocycles. The van der Waals surface area contributed by atoms with Crippen molar-refractivity contribution in [1.29, 1.82) is 0 Å². The van der Waals surface area contributed by atoms with Crippen LogP contribution in [-0.4, -0.2) is 39.1 Å². The number of ether oxygens (including phenoxy) is 2. The summed E-state index contributed by atoms with van der Waals surface area (Å²) in [5.74, 6) is 1.67. The summed E-state index contributed by atoms with van der Waals surface area (Å²) < 4.78 is 42.6. The van der Waals surface area contributed by atoms with Crippen LogP contribution in [0.3, 0.4) is 0 Å². The Bertz CT molecular complexity index is 1060. The zero-order valence-electron chi connectivity index (χ0n) is 15.5. The zero-order chi connectivity index (χ0) is 20.3. The minimum atomic E-state index is -3.68. The second-order valence-corrected chi connectivity index (χ2v) is 8.45. The van der Waals surface area contributed by atoms with Gasteiger partial charge in [0.05, 0.1) is 36.9 Å². The molecule has 0 bridgehead atoms. The molecule has 1 heterocycles. The predicted octanol–water partition coefficient (Wildman–Crippen LogP) is 3.83. The summed E-state index contributed by atoms with van der Waals surface area (Å²) in [5.41, 5.74) is 1.11. The summed E-state index contributed by atoms with van der Waals surface area (Å²) in [6.07, 6.45) is 0. The van der Waals surface area contributed by atoms with Crippen LogP contribution < -0.4 is 9.47 Å². The van der Waals surface area contributed by atoms with Crippen molar-refractivity contribution >= 4 is 21.6 Å². The van der Waals surface area contributed by atoms with Gasteiger partial charge in [-0.1, -0.05) is 16.8 Å². The third-order valence-electron chi connectivity index (χ3n) is 4.14. The van der Waals surface area contributed by atoms with Crippen molar-refractivity contribution in [2.45, 2.75) is 11.4 Å². The van der Waals surface area contributed by atoms with Gasteiger partial charge in [0, 0.05) is 18.1 Å². The molecule has 0 saturated heterocycles. The minimum Gasteiger partial charge on any atom is -0.497 e. The first-order valence-electron chi connectivity index (χ1n) is 8.25. The smallest absolute Gasteiger partial charge is 0.243 e. The minimum absolute atomic E-state index is 0.0424. The number of aromatic nitrogens is 1. The third-order valence-corrected chi connectivity index (χ3v) is 6.21. The number of nitrogens with zero attached hydrogens (tertiary/aromatic N) is 2. The highest BCUT2D eigenvalue weighted by Gasteiger charge is 2.23. The molecule has 28 heavy (non-hydrogen) atoms. The number of hydrogen-bond acceptors (Lipinski definition) is 6. The second kappa shape index (κ2) is 8.22. The van der Waals surface area contributed by atoms with Gasteiger partial charge in [-0.15, -0.1) is 0 Å². The number of hydrogen-bond donors (Lipinski definition) is 0. The van der Waals surface area contributed by atoms with E-state index in [0.717, 1.165) is 0 Å². The summed E-state index contributed by atoms with van der Waals surface area (Å²) in [7, 11) is 0.906. The second-order valence-electron chi connectivity index (χ2n) is 5.96. The largest absolute Gasteiger partial charge is 0.497 e. The summed E-state index contributed by atoms with van der Waals surface area (Å²) in [5, 5.41) is 4.45. The Labute approximate surface area is 168 Å². The molecule has 0 aliphatic rings. The number of methoxy groups -OCH3 is 2. The summed E-state index contributed by atoms with van der Waals surface area (Å²) in [6, 6.07) is 13.0. The van der Waals surface area contributed by atoms with Crippen LogP contribution in [0.1, 0.15) is 5.69 Å². The summed E-state index contributed by atoms with van der Waals surface area (Å²) in [6.45, 7) is 0.0424. The predicted molar refractivity (Wildman–Crippen MR) is 105 cm³/mol. The van der Waals surface area contributed by atoms with Gasteiger partial charge in [0.15, 0.2) is 5.76 Å². The molecule has 3 rings (SSSR count). The van der Waals surface area contributed by atoms with Crippen LogP contribution in [0.4, 0.5) is 0 Å². The molecule has 0 radical (unpaired) electrons. The molecule has 0 amide bonds. The molecular weight excluding hydrogens is 404 g/mol. The van der Waals surface area contributed by atoms with Gasteiger partial charge < -0.3 is 14.0 Å². The zero-order valence-corrected chi connectivity index (χ0v) is 17.1. The van der Waals surface area contributed by atoms with Crippen LogP contribution in [0.5, 0.6) is 11.5 Å².